The van der Waals surface area contributed by atoms with Gasteiger partial charge in [0.25, 0.3) is 0 Å². The molecule has 0 aromatic carbocycles. The molecule has 1 N–H and O–H groups in total. The van der Waals surface area contributed by atoms with E-state index in [2.05, 4.69) is 30.0 Å². The summed E-state index contributed by atoms with van der Waals surface area (Å²) in [6.45, 7) is 1.36. The summed E-state index contributed by atoms with van der Waals surface area (Å²) in [7, 11) is 0. The van der Waals surface area contributed by atoms with Crippen LogP contribution >= 0.6 is 0 Å². The van der Waals surface area contributed by atoms with E-state index in [0.29, 0.717) is 19.0 Å². The molecule has 5 rings (SSSR count). The van der Waals surface area contributed by atoms with Crippen LogP contribution in [0.2, 0.25) is 0 Å². The van der Waals surface area contributed by atoms with Gasteiger partial charge in [0.05, 0.1) is 31.2 Å². The topological polar surface area (TPSA) is 87.9 Å². The highest BCUT2D eigenvalue weighted by Crippen LogP contribution is 2.39. The minimum atomic E-state index is 0.638. The Balaban J connectivity index is 1.50. The van der Waals surface area contributed by atoms with Gasteiger partial charge in [0, 0.05) is 30.1 Å². The van der Waals surface area contributed by atoms with Gasteiger partial charge in [-0.2, -0.15) is 5.10 Å². The molecule has 8 heteroatoms. The van der Waals surface area contributed by atoms with E-state index in [1.54, 1.807) is 6.20 Å². The Hall–Kier alpha value is -3.03. The molecule has 8 nitrogen and oxygen atoms in total. The molecule has 2 aliphatic rings. The van der Waals surface area contributed by atoms with Gasteiger partial charge in [-0.25, -0.2) is 19.9 Å². The second kappa shape index (κ2) is 5.26. The van der Waals surface area contributed by atoms with Crippen LogP contribution in [-0.4, -0.2) is 42.1 Å². The zero-order chi connectivity index (χ0) is 15.9. The quantitative estimate of drug-likeness (QED) is 0.796. The van der Waals surface area contributed by atoms with Crippen molar-refractivity contribution in [2.24, 2.45) is 4.99 Å². The van der Waals surface area contributed by atoms with E-state index in [1.165, 1.54) is 24.9 Å². The Morgan fingerprint density at radius 1 is 1.17 bits per heavy atom. The Labute approximate surface area is 138 Å². The van der Waals surface area contributed by atoms with Gasteiger partial charge >= 0.3 is 0 Å². The third-order valence-electron chi connectivity index (χ3n) is 4.42. The molecule has 0 saturated heterocycles. The van der Waals surface area contributed by atoms with Gasteiger partial charge in [-0.15, -0.1) is 0 Å². The highest BCUT2D eigenvalue weighted by Gasteiger charge is 2.26. The lowest BCUT2D eigenvalue weighted by molar-refractivity contribution is 0.749. The Kier molecular flexibility index (Phi) is 2.94. The summed E-state index contributed by atoms with van der Waals surface area (Å²) in [5.41, 5.74) is 2.14. The largest absolute Gasteiger partial charge is 0.354 e. The van der Waals surface area contributed by atoms with Gasteiger partial charge in [0.2, 0.25) is 0 Å². The lowest BCUT2D eigenvalue weighted by atomic mass is 10.3. The van der Waals surface area contributed by atoms with E-state index in [1.807, 2.05) is 29.2 Å². The zero-order valence-corrected chi connectivity index (χ0v) is 13.0. The summed E-state index contributed by atoms with van der Waals surface area (Å²) in [4.78, 5) is 19.6. The molecule has 0 unspecified atom stereocenters. The van der Waals surface area contributed by atoms with Crippen molar-refractivity contribution in [3.63, 3.8) is 0 Å². The van der Waals surface area contributed by atoms with Crippen molar-refractivity contribution < 1.29 is 0 Å². The normalized spacial score (nSPS) is 18.8. The number of hydrogen-bond acceptors (Lipinski definition) is 6. The summed E-state index contributed by atoms with van der Waals surface area (Å²) in [6.07, 6.45) is 11.4. The summed E-state index contributed by atoms with van der Waals surface area (Å²) in [5, 5.41) is 7.44. The summed E-state index contributed by atoms with van der Waals surface area (Å²) in [6, 6.07) is 2.05. The van der Waals surface area contributed by atoms with Crippen molar-refractivity contribution in [3.8, 4) is 0 Å². The molecule has 24 heavy (non-hydrogen) atoms. The fourth-order valence-electron chi connectivity index (χ4n) is 3.00. The van der Waals surface area contributed by atoms with Crippen LogP contribution < -0.4 is 4.90 Å². The number of aromatic nitrogens is 6. The van der Waals surface area contributed by atoms with Crippen molar-refractivity contribution in [1.29, 1.82) is 0 Å². The number of nitrogens with one attached hydrogen (secondary N) is 1. The Morgan fingerprint density at radius 3 is 2.88 bits per heavy atom. The predicted molar refractivity (Wildman–Crippen MR) is 88.4 cm³/mol. The van der Waals surface area contributed by atoms with Crippen molar-refractivity contribution in [2.75, 3.05) is 11.4 Å². The maximum Gasteiger partial charge on any atom is 0.175 e. The van der Waals surface area contributed by atoms with Crippen molar-refractivity contribution in [1.82, 2.24) is 29.7 Å². The lowest BCUT2D eigenvalue weighted by Gasteiger charge is -2.29. The Bertz CT molecular complexity index is 890. The molecule has 0 bridgehead atoms. The highest BCUT2D eigenvalue weighted by molar-refractivity contribution is 5.92. The van der Waals surface area contributed by atoms with Crippen LogP contribution in [0, 0.1) is 0 Å². The minimum Gasteiger partial charge on any atom is -0.354 e. The molecule has 4 heterocycles. The molecule has 1 aliphatic carbocycles. The van der Waals surface area contributed by atoms with Crippen LogP contribution in [0.3, 0.4) is 0 Å². The number of rotatable bonds is 3. The molecule has 1 aliphatic heterocycles. The first-order valence-corrected chi connectivity index (χ1v) is 8.02. The molecule has 0 amide bonds. The van der Waals surface area contributed by atoms with Gasteiger partial charge in [-0.05, 0) is 12.8 Å². The van der Waals surface area contributed by atoms with E-state index < -0.39 is 0 Å². The molecule has 0 radical (unpaired) electrons. The SMILES string of the molecule is c1ncc(N2CC(=Nc3cc(C4CC4)[nH]n3)n3ccnc3C2)cn1. The van der Waals surface area contributed by atoms with E-state index in [0.717, 1.165) is 23.2 Å². The minimum absolute atomic E-state index is 0.638. The Morgan fingerprint density at radius 2 is 2.04 bits per heavy atom. The van der Waals surface area contributed by atoms with Crippen LogP contribution in [-0.2, 0) is 6.54 Å². The maximum atomic E-state index is 4.75. The number of aromatic amines is 1. The van der Waals surface area contributed by atoms with Gasteiger partial charge in [0.15, 0.2) is 5.82 Å². The molecule has 1 saturated carbocycles. The molecule has 0 atom stereocenters. The standard InChI is InChI=1S/C16H16N8/c1-2-11(1)13-5-14(22-21-13)20-16-9-23(12-6-17-10-18-7-12)8-15-19-3-4-24(15)16/h3-7,10-11H,1-2,8-9H2,(H,21,22). The zero-order valence-electron chi connectivity index (χ0n) is 13.0. The van der Waals surface area contributed by atoms with Crippen molar-refractivity contribution in [3.05, 3.63) is 48.7 Å². The average molecular weight is 320 g/mol. The van der Waals surface area contributed by atoms with Gasteiger partial charge in [0.1, 0.15) is 18.0 Å². The number of aliphatic imine (C=N–C) groups is 1. The highest BCUT2D eigenvalue weighted by atomic mass is 15.3. The van der Waals surface area contributed by atoms with Gasteiger partial charge in [-0.1, -0.05) is 0 Å². The fourth-order valence-corrected chi connectivity index (χ4v) is 3.00. The first-order chi connectivity index (χ1) is 11.9. The van der Waals surface area contributed by atoms with Crippen molar-refractivity contribution in [2.45, 2.75) is 25.3 Å². The number of hydrogen-bond donors (Lipinski definition) is 1. The number of H-pyrrole nitrogens is 1. The third-order valence-corrected chi connectivity index (χ3v) is 4.42. The van der Waals surface area contributed by atoms with E-state index in [9.17, 15) is 0 Å². The predicted octanol–water partition coefficient (Wildman–Crippen LogP) is 1.87. The monoisotopic (exact) mass is 320 g/mol. The number of fused-ring (bicyclic) bond motifs is 1. The van der Waals surface area contributed by atoms with Crippen LogP contribution in [0.1, 0.15) is 30.3 Å². The van der Waals surface area contributed by atoms with Crippen LogP contribution in [0.15, 0.2) is 42.2 Å². The molecule has 3 aromatic heterocycles. The summed E-state index contributed by atoms with van der Waals surface area (Å²) in [5.74, 6) is 3.20. The first kappa shape index (κ1) is 13.4. The second-order valence-corrected chi connectivity index (χ2v) is 6.15. The fraction of sp³-hybridized carbons (Fsp3) is 0.312. The summed E-state index contributed by atoms with van der Waals surface area (Å²) < 4.78 is 2.03. The van der Waals surface area contributed by atoms with Crippen LogP contribution in [0.5, 0.6) is 0 Å². The van der Waals surface area contributed by atoms with Crippen LogP contribution in [0.4, 0.5) is 11.5 Å². The number of anilines is 1. The third kappa shape index (κ3) is 2.36. The number of nitrogens with zero attached hydrogens (tertiary/aromatic N) is 7. The smallest absolute Gasteiger partial charge is 0.175 e. The molecular weight excluding hydrogens is 304 g/mol. The van der Waals surface area contributed by atoms with Crippen LogP contribution in [0.25, 0.3) is 0 Å². The molecular formula is C16H16N8. The van der Waals surface area contributed by atoms with E-state index >= 15 is 0 Å². The molecule has 3 aromatic rings. The lowest BCUT2D eigenvalue weighted by Crippen LogP contribution is -2.39. The molecule has 0 spiro atoms. The van der Waals surface area contributed by atoms with E-state index in [-0.39, 0.29) is 0 Å². The average Bonchev–Trinajstić information content (AvgIpc) is 3.17. The summed E-state index contributed by atoms with van der Waals surface area (Å²) >= 11 is 0. The maximum absolute atomic E-state index is 4.75. The molecule has 120 valence electrons. The van der Waals surface area contributed by atoms with Gasteiger partial charge in [-0.3, -0.25) is 9.67 Å². The van der Waals surface area contributed by atoms with E-state index in [4.69, 9.17) is 4.99 Å². The number of imidazole rings is 1. The van der Waals surface area contributed by atoms with Crippen molar-refractivity contribution >= 4 is 17.3 Å². The first-order valence-electron chi connectivity index (χ1n) is 8.02. The molecule has 1 fully saturated rings. The second-order valence-electron chi connectivity index (χ2n) is 6.15. The van der Waals surface area contributed by atoms with Gasteiger partial charge < -0.3 is 4.90 Å².